The number of alkyl halides is 3. The summed E-state index contributed by atoms with van der Waals surface area (Å²) in [6, 6.07) is 10.4. The van der Waals surface area contributed by atoms with Crippen LogP contribution in [-0.4, -0.2) is 34.6 Å². The van der Waals surface area contributed by atoms with E-state index in [1.807, 2.05) is 0 Å². The zero-order valence-electron chi connectivity index (χ0n) is 16.6. The lowest BCUT2D eigenvalue weighted by atomic mass is 9.95. The number of H-pyrrole nitrogens is 1. The summed E-state index contributed by atoms with van der Waals surface area (Å²) in [7, 11) is 1.33. The number of aromatic nitrogens is 3. The molecule has 1 aromatic carbocycles. The smallest absolute Gasteiger partial charge is 0.432 e. The molecule has 0 bridgehead atoms. The summed E-state index contributed by atoms with van der Waals surface area (Å²) >= 11 is 0. The summed E-state index contributed by atoms with van der Waals surface area (Å²) in [4.78, 5) is 22.0. The molecule has 0 aliphatic heterocycles. The molecule has 0 spiro atoms. The van der Waals surface area contributed by atoms with Crippen LogP contribution in [0, 0.1) is 5.41 Å². The number of ether oxygens (including phenoxy) is 2. The SMILES string of the molecule is COC(=O)C(C)(C)COc1ccc(-c2ccc(-c3ncc(C(F)(F)F)[nH]3)cn2)cc1. The molecule has 30 heavy (non-hydrogen) atoms. The maximum absolute atomic E-state index is 12.7. The van der Waals surface area contributed by atoms with Gasteiger partial charge in [0.15, 0.2) is 0 Å². The van der Waals surface area contributed by atoms with Crippen molar-refractivity contribution in [2.75, 3.05) is 13.7 Å². The molecule has 0 unspecified atom stereocenters. The number of rotatable bonds is 6. The van der Waals surface area contributed by atoms with E-state index < -0.39 is 17.3 Å². The van der Waals surface area contributed by atoms with Gasteiger partial charge in [-0.3, -0.25) is 9.78 Å². The highest BCUT2D eigenvalue weighted by atomic mass is 19.4. The molecule has 0 saturated heterocycles. The minimum Gasteiger partial charge on any atom is -0.492 e. The lowest BCUT2D eigenvalue weighted by Crippen LogP contribution is -2.32. The highest BCUT2D eigenvalue weighted by Crippen LogP contribution is 2.30. The van der Waals surface area contributed by atoms with Crippen molar-refractivity contribution < 1.29 is 27.4 Å². The van der Waals surface area contributed by atoms with Crippen molar-refractivity contribution >= 4 is 5.97 Å². The Morgan fingerprint density at radius 2 is 1.67 bits per heavy atom. The molecule has 3 rings (SSSR count). The summed E-state index contributed by atoms with van der Waals surface area (Å²) in [5, 5.41) is 0. The number of nitrogens with one attached hydrogen (secondary N) is 1. The van der Waals surface area contributed by atoms with Gasteiger partial charge in [0.05, 0.1) is 24.4 Å². The molecule has 0 aliphatic carbocycles. The summed E-state index contributed by atoms with van der Waals surface area (Å²) in [6.45, 7) is 3.62. The van der Waals surface area contributed by atoms with Gasteiger partial charge < -0.3 is 14.5 Å². The van der Waals surface area contributed by atoms with Crippen LogP contribution in [0.2, 0.25) is 0 Å². The standard InChI is InChI=1S/C21H20F3N3O3/c1-20(2,19(28)29-3)12-30-15-7-4-13(5-8-15)16-9-6-14(10-25-16)18-26-11-17(27-18)21(22,23)24/h4-11H,12H2,1-3H3,(H,26,27). The molecule has 9 heteroatoms. The van der Waals surface area contributed by atoms with Crippen molar-refractivity contribution in [3.05, 3.63) is 54.5 Å². The molecule has 2 aromatic heterocycles. The van der Waals surface area contributed by atoms with Crippen LogP contribution in [0.1, 0.15) is 19.5 Å². The molecule has 2 heterocycles. The molecule has 0 saturated carbocycles. The third-order valence-corrected chi connectivity index (χ3v) is 4.41. The monoisotopic (exact) mass is 419 g/mol. The Hall–Kier alpha value is -3.36. The first-order chi connectivity index (χ1) is 14.1. The van der Waals surface area contributed by atoms with E-state index >= 15 is 0 Å². The predicted octanol–water partition coefficient (Wildman–Crippen LogP) is 4.74. The van der Waals surface area contributed by atoms with Gasteiger partial charge in [0.25, 0.3) is 0 Å². The Labute approximate surface area is 171 Å². The van der Waals surface area contributed by atoms with E-state index in [2.05, 4.69) is 15.0 Å². The lowest BCUT2D eigenvalue weighted by molar-refractivity contribution is -0.152. The minimum atomic E-state index is -4.48. The van der Waals surface area contributed by atoms with Crippen LogP contribution in [0.15, 0.2) is 48.8 Å². The molecule has 0 aliphatic rings. The van der Waals surface area contributed by atoms with Crippen molar-refractivity contribution in [1.29, 1.82) is 0 Å². The molecule has 0 radical (unpaired) electrons. The molecule has 1 N–H and O–H groups in total. The maximum atomic E-state index is 12.7. The van der Waals surface area contributed by atoms with Crippen molar-refractivity contribution in [1.82, 2.24) is 15.0 Å². The summed E-state index contributed by atoms with van der Waals surface area (Å²) in [5.41, 5.74) is 0.203. The van der Waals surface area contributed by atoms with Crippen LogP contribution in [0.3, 0.4) is 0 Å². The van der Waals surface area contributed by atoms with E-state index in [0.717, 1.165) is 11.8 Å². The number of benzene rings is 1. The number of hydrogen-bond acceptors (Lipinski definition) is 5. The molecule has 0 amide bonds. The largest absolute Gasteiger partial charge is 0.492 e. The third-order valence-electron chi connectivity index (χ3n) is 4.41. The van der Waals surface area contributed by atoms with E-state index in [4.69, 9.17) is 9.47 Å². The van der Waals surface area contributed by atoms with Crippen LogP contribution in [-0.2, 0) is 15.7 Å². The van der Waals surface area contributed by atoms with E-state index in [9.17, 15) is 18.0 Å². The predicted molar refractivity (Wildman–Crippen MR) is 104 cm³/mol. The first-order valence-electron chi connectivity index (χ1n) is 9.00. The normalized spacial score (nSPS) is 11.9. The first-order valence-corrected chi connectivity index (χ1v) is 9.00. The molecular weight excluding hydrogens is 399 g/mol. The van der Waals surface area contributed by atoms with Crippen LogP contribution < -0.4 is 4.74 Å². The Kier molecular flexibility index (Phi) is 5.82. The first kappa shape index (κ1) is 21.4. The van der Waals surface area contributed by atoms with Gasteiger partial charge in [0, 0.05) is 17.3 Å². The second-order valence-electron chi connectivity index (χ2n) is 7.26. The number of nitrogens with zero attached hydrogens (tertiary/aromatic N) is 2. The van der Waals surface area contributed by atoms with Gasteiger partial charge in [-0.15, -0.1) is 0 Å². The van der Waals surface area contributed by atoms with Gasteiger partial charge in [0.2, 0.25) is 0 Å². The highest BCUT2D eigenvalue weighted by molar-refractivity contribution is 5.76. The van der Waals surface area contributed by atoms with Gasteiger partial charge >= 0.3 is 12.1 Å². The second kappa shape index (κ2) is 8.17. The highest BCUT2D eigenvalue weighted by Gasteiger charge is 2.33. The summed E-state index contributed by atoms with van der Waals surface area (Å²) in [5.74, 6) is 0.322. The van der Waals surface area contributed by atoms with Gasteiger partial charge in [-0.05, 0) is 50.2 Å². The lowest BCUT2D eigenvalue weighted by Gasteiger charge is -2.21. The Balaban J connectivity index is 1.68. The zero-order chi connectivity index (χ0) is 21.9. The van der Waals surface area contributed by atoms with Crippen LogP contribution >= 0.6 is 0 Å². The molecule has 158 valence electrons. The number of pyridine rings is 1. The van der Waals surface area contributed by atoms with E-state index in [1.54, 1.807) is 50.2 Å². The number of esters is 1. The molecule has 3 aromatic rings. The average Bonchev–Trinajstić information content (AvgIpc) is 3.23. The average molecular weight is 419 g/mol. The van der Waals surface area contributed by atoms with Gasteiger partial charge in [-0.2, -0.15) is 13.2 Å². The van der Waals surface area contributed by atoms with Crippen molar-refractivity contribution in [2.45, 2.75) is 20.0 Å². The van der Waals surface area contributed by atoms with E-state index in [0.29, 0.717) is 17.0 Å². The van der Waals surface area contributed by atoms with Gasteiger partial charge in [0.1, 0.15) is 23.9 Å². The Morgan fingerprint density at radius 1 is 1.00 bits per heavy atom. The third kappa shape index (κ3) is 4.79. The number of aromatic amines is 1. The minimum absolute atomic E-state index is 0.0957. The number of imidazole rings is 1. The number of carbonyl (C=O) groups is 1. The van der Waals surface area contributed by atoms with Crippen molar-refractivity contribution in [2.24, 2.45) is 5.41 Å². The fourth-order valence-electron chi connectivity index (χ4n) is 2.64. The Morgan fingerprint density at radius 3 is 2.20 bits per heavy atom. The second-order valence-corrected chi connectivity index (χ2v) is 7.26. The van der Waals surface area contributed by atoms with Crippen LogP contribution in [0.4, 0.5) is 13.2 Å². The molecule has 0 fully saturated rings. The molecule has 0 atom stereocenters. The number of halogens is 3. The number of methoxy groups -OCH3 is 1. The van der Waals surface area contributed by atoms with E-state index in [1.165, 1.54) is 13.3 Å². The number of hydrogen-bond donors (Lipinski definition) is 1. The van der Waals surface area contributed by atoms with Crippen molar-refractivity contribution in [3.8, 4) is 28.4 Å². The summed E-state index contributed by atoms with van der Waals surface area (Å²) < 4.78 is 48.5. The number of carbonyl (C=O) groups excluding carboxylic acids is 1. The van der Waals surface area contributed by atoms with Gasteiger partial charge in [-0.1, -0.05) is 0 Å². The quantitative estimate of drug-likeness (QED) is 0.584. The zero-order valence-corrected chi connectivity index (χ0v) is 16.6. The van der Waals surface area contributed by atoms with E-state index in [-0.39, 0.29) is 18.4 Å². The summed E-state index contributed by atoms with van der Waals surface area (Å²) in [6.07, 6.45) is -2.27. The topological polar surface area (TPSA) is 77.1 Å². The molecular formula is C21H20F3N3O3. The fraction of sp³-hybridized carbons (Fsp3) is 0.286. The van der Waals surface area contributed by atoms with Crippen LogP contribution in [0.25, 0.3) is 22.6 Å². The van der Waals surface area contributed by atoms with Crippen LogP contribution in [0.5, 0.6) is 5.75 Å². The fourth-order valence-corrected chi connectivity index (χ4v) is 2.64. The van der Waals surface area contributed by atoms with Gasteiger partial charge in [-0.25, -0.2) is 4.98 Å². The molecule has 6 nitrogen and oxygen atoms in total. The van der Waals surface area contributed by atoms with Crippen molar-refractivity contribution in [3.63, 3.8) is 0 Å². The Bertz CT molecular complexity index is 1010. The maximum Gasteiger partial charge on any atom is 0.432 e.